The molecule has 2 heterocycles. The molecule has 1 saturated heterocycles. The molecule has 6 nitrogen and oxygen atoms in total. The number of carbonyl (C=O) groups excluding carboxylic acids is 1. The van der Waals surface area contributed by atoms with Crippen LogP contribution in [0.2, 0.25) is 10.0 Å². The van der Waals surface area contributed by atoms with Gasteiger partial charge in [0.25, 0.3) is 0 Å². The number of para-hydroxylation sites is 1. The normalized spacial score (nSPS) is 14.1. The maximum absolute atomic E-state index is 13.7. The number of amides is 1. The molecule has 11 heteroatoms. The molecule has 0 spiro atoms. The number of benzene rings is 4. The SMILES string of the molecule is O=C(Cc1c(-c2ccccc2)c2cc(CN3CCN(c4ccccc4)CC3)c(Cl)cc2oc1=O)Nc1ccc(Cl)cc1C(F)(F)F. The van der Waals surface area contributed by atoms with Crippen LogP contribution in [0.3, 0.4) is 0 Å². The zero-order chi connectivity index (χ0) is 32.4. The first-order valence-corrected chi connectivity index (χ1v) is 15.3. The Kier molecular flexibility index (Phi) is 9.08. The Balaban J connectivity index is 1.33. The summed E-state index contributed by atoms with van der Waals surface area (Å²) in [7, 11) is 0. The molecule has 1 aliphatic heterocycles. The number of nitrogens with zero attached hydrogens (tertiary/aromatic N) is 2. The van der Waals surface area contributed by atoms with Gasteiger partial charge >= 0.3 is 11.8 Å². The number of anilines is 2. The third kappa shape index (κ3) is 6.92. The molecule has 0 unspecified atom stereocenters. The van der Waals surface area contributed by atoms with Crippen molar-refractivity contribution in [2.45, 2.75) is 19.1 Å². The Labute approximate surface area is 272 Å². The number of piperazine rings is 1. The summed E-state index contributed by atoms with van der Waals surface area (Å²) in [6.07, 6.45) is -5.28. The van der Waals surface area contributed by atoms with E-state index < -0.39 is 35.4 Å². The molecule has 4 aromatic carbocycles. The van der Waals surface area contributed by atoms with Gasteiger partial charge in [0, 0.05) is 65.5 Å². The Morgan fingerprint density at radius 2 is 1.54 bits per heavy atom. The smallest absolute Gasteiger partial charge is 0.418 e. The average molecular weight is 667 g/mol. The van der Waals surface area contributed by atoms with Gasteiger partial charge in [0.15, 0.2) is 0 Å². The second-order valence-corrected chi connectivity index (χ2v) is 11.9. The molecule has 1 aromatic heterocycles. The van der Waals surface area contributed by atoms with E-state index in [-0.39, 0.29) is 16.2 Å². The van der Waals surface area contributed by atoms with Crippen molar-refractivity contribution < 1.29 is 22.4 Å². The molecule has 1 aliphatic rings. The third-order valence-corrected chi connectivity index (χ3v) is 8.60. The topological polar surface area (TPSA) is 65.8 Å². The van der Waals surface area contributed by atoms with Crippen LogP contribution in [-0.2, 0) is 23.9 Å². The fourth-order valence-corrected chi connectivity index (χ4v) is 6.17. The van der Waals surface area contributed by atoms with Gasteiger partial charge in [-0.25, -0.2) is 4.79 Å². The molecule has 0 aliphatic carbocycles. The summed E-state index contributed by atoms with van der Waals surface area (Å²) in [5.41, 5.74) is 1.03. The maximum atomic E-state index is 13.7. The molecule has 0 bridgehead atoms. The van der Waals surface area contributed by atoms with Crippen molar-refractivity contribution in [2.75, 3.05) is 36.4 Å². The standard InChI is InChI=1S/C35H28Cl2F3N3O3/c36-24-11-12-30(28(18-24)35(38,39)40)41-32(44)19-27-33(22-7-3-1-4-8-22)26-17-23(29(37)20-31(26)46-34(27)45)21-42-13-15-43(16-14-42)25-9-5-2-6-10-25/h1-12,17-18,20H,13-16,19,21H2,(H,41,44). The summed E-state index contributed by atoms with van der Waals surface area (Å²) in [6, 6.07) is 25.8. The van der Waals surface area contributed by atoms with E-state index in [9.17, 15) is 22.8 Å². The van der Waals surface area contributed by atoms with Crippen LogP contribution in [0.4, 0.5) is 24.5 Å². The molecule has 0 saturated carbocycles. The van der Waals surface area contributed by atoms with E-state index in [1.165, 1.54) is 11.8 Å². The van der Waals surface area contributed by atoms with Gasteiger partial charge in [-0.1, -0.05) is 71.7 Å². The number of halogens is 5. The van der Waals surface area contributed by atoms with Gasteiger partial charge in [-0.05, 0) is 47.5 Å². The zero-order valence-electron chi connectivity index (χ0n) is 24.4. The first-order valence-electron chi connectivity index (χ1n) is 14.6. The molecular formula is C35H28Cl2F3N3O3. The minimum atomic E-state index is -4.76. The van der Waals surface area contributed by atoms with Crippen molar-refractivity contribution in [1.29, 1.82) is 0 Å². The second kappa shape index (κ2) is 13.2. The van der Waals surface area contributed by atoms with E-state index in [4.69, 9.17) is 27.6 Å². The van der Waals surface area contributed by atoms with Crippen molar-refractivity contribution in [3.8, 4) is 11.1 Å². The van der Waals surface area contributed by atoms with Gasteiger partial charge in [-0.15, -0.1) is 0 Å². The van der Waals surface area contributed by atoms with Crippen molar-refractivity contribution in [3.05, 3.63) is 128 Å². The lowest BCUT2D eigenvalue weighted by Crippen LogP contribution is -2.46. The van der Waals surface area contributed by atoms with Crippen LogP contribution >= 0.6 is 23.2 Å². The van der Waals surface area contributed by atoms with Crippen LogP contribution < -0.4 is 15.8 Å². The fourth-order valence-electron chi connectivity index (χ4n) is 5.78. The molecule has 5 aromatic rings. The van der Waals surface area contributed by atoms with Crippen molar-refractivity contribution >= 4 is 51.5 Å². The number of alkyl halides is 3. The van der Waals surface area contributed by atoms with E-state index >= 15 is 0 Å². The van der Waals surface area contributed by atoms with Crippen LogP contribution in [0.25, 0.3) is 22.1 Å². The summed E-state index contributed by atoms with van der Waals surface area (Å²) in [4.78, 5) is 31.2. The van der Waals surface area contributed by atoms with Crippen LogP contribution in [0.15, 0.2) is 100 Å². The summed E-state index contributed by atoms with van der Waals surface area (Å²) in [6.45, 7) is 3.88. The summed E-state index contributed by atoms with van der Waals surface area (Å²) in [5.74, 6) is -0.817. The lowest BCUT2D eigenvalue weighted by Gasteiger charge is -2.36. The van der Waals surface area contributed by atoms with Crippen LogP contribution in [-0.4, -0.2) is 37.0 Å². The van der Waals surface area contributed by atoms with Crippen LogP contribution in [0, 0.1) is 0 Å². The maximum Gasteiger partial charge on any atom is 0.418 e. The highest BCUT2D eigenvalue weighted by molar-refractivity contribution is 6.32. The predicted molar refractivity (Wildman–Crippen MR) is 176 cm³/mol. The van der Waals surface area contributed by atoms with Gasteiger partial charge in [0.1, 0.15) is 5.58 Å². The van der Waals surface area contributed by atoms with Gasteiger partial charge < -0.3 is 14.6 Å². The minimum absolute atomic E-state index is 0.0171. The molecule has 6 rings (SSSR count). The molecule has 46 heavy (non-hydrogen) atoms. The Bertz CT molecular complexity index is 1940. The fraction of sp³-hybridized carbons (Fsp3) is 0.200. The number of hydrogen-bond acceptors (Lipinski definition) is 5. The van der Waals surface area contributed by atoms with Gasteiger partial charge in [0.2, 0.25) is 5.91 Å². The molecule has 0 radical (unpaired) electrons. The number of fused-ring (bicyclic) bond motifs is 1. The number of rotatable bonds is 7. The van der Waals surface area contributed by atoms with E-state index in [2.05, 4.69) is 27.2 Å². The number of nitrogens with one attached hydrogen (secondary N) is 1. The molecule has 1 amide bonds. The van der Waals surface area contributed by atoms with E-state index in [0.717, 1.165) is 43.9 Å². The lowest BCUT2D eigenvalue weighted by atomic mass is 9.94. The van der Waals surface area contributed by atoms with Gasteiger partial charge in [-0.2, -0.15) is 13.2 Å². The summed E-state index contributed by atoms with van der Waals surface area (Å²) >= 11 is 12.5. The average Bonchev–Trinajstić information content (AvgIpc) is 3.04. The molecular weight excluding hydrogens is 638 g/mol. The Hall–Kier alpha value is -4.31. The highest BCUT2D eigenvalue weighted by Crippen LogP contribution is 2.38. The van der Waals surface area contributed by atoms with Crippen molar-refractivity contribution in [1.82, 2.24) is 4.90 Å². The Morgan fingerprint density at radius 1 is 0.870 bits per heavy atom. The monoisotopic (exact) mass is 665 g/mol. The van der Waals surface area contributed by atoms with Crippen LogP contribution in [0.1, 0.15) is 16.7 Å². The second-order valence-electron chi connectivity index (χ2n) is 11.1. The molecule has 1 N–H and O–H groups in total. The highest BCUT2D eigenvalue weighted by Gasteiger charge is 2.34. The van der Waals surface area contributed by atoms with E-state index in [0.29, 0.717) is 28.1 Å². The first-order chi connectivity index (χ1) is 22.1. The van der Waals surface area contributed by atoms with Gasteiger partial charge in [0.05, 0.1) is 23.2 Å². The van der Waals surface area contributed by atoms with E-state index in [1.807, 2.05) is 30.3 Å². The lowest BCUT2D eigenvalue weighted by molar-refractivity contribution is -0.137. The molecule has 236 valence electrons. The highest BCUT2D eigenvalue weighted by atomic mass is 35.5. The summed E-state index contributed by atoms with van der Waals surface area (Å²) in [5, 5.41) is 3.19. The van der Waals surface area contributed by atoms with Crippen molar-refractivity contribution in [2.24, 2.45) is 0 Å². The molecule has 1 fully saturated rings. The summed E-state index contributed by atoms with van der Waals surface area (Å²) < 4.78 is 46.7. The number of carbonyl (C=O) groups is 1. The van der Waals surface area contributed by atoms with Gasteiger partial charge in [-0.3, -0.25) is 9.69 Å². The largest absolute Gasteiger partial charge is 0.422 e. The van der Waals surface area contributed by atoms with Crippen molar-refractivity contribution in [3.63, 3.8) is 0 Å². The minimum Gasteiger partial charge on any atom is -0.422 e. The predicted octanol–water partition coefficient (Wildman–Crippen LogP) is 8.29. The first kappa shape index (κ1) is 31.7. The van der Waals surface area contributed by atoms with Crippen LogP contribution in [0.5, 0.6) is 0 Å². The third-order valence-electron chi connectivity index (χ3n) is 8.02. The molecule has 0 atom stereocenters. The van der Waals surface area contributed by atoms with E-state index in [1.54, 1.807) is 30.3 Å². The zero-order valence-corrected chi connectivity index (χ0v) is 25.9. The quantitative estimate of drug-likeness (QED) is 0.177. The Morgan fingerprint density at radius 3 is 2.22 bits per heavy atom. The number of hydrogen-bond donors (Lipinski definition) is 1.